The Bertz CT molecular complexity index is 224. The Kier molecular flexibility index (Phi) is 2.36. The first-order valence-electron chi connectivity index (χ1n) is 3.67. The van der Waals surface area contributed by atoms with Crippen LogP contribution < -0.4 is 0 Å². The van der Waals surface area contributed by atoms with Gasteiger partial charge in [-0.25, -0.2) is 0 Å². The van der Waals surface area contributed by atoms with E-state index in [-0.39, 0.29) is 5.76 Å². The van der Waals surface area contributed by atoms with E-state index in [2.05, 4.69) is 6.58 Å². The van der Waals surface area contributed by atoms with E-state index in [4.69, 9.17) is 0 Å². The van der Waals surface area contributed by atoms with E-state index >= 15 is 0 Å². The van der Waals surface area contributed by atoms with Gasteiger partial charge in [-0.2, -0.15) is 0 Å². The van der Waals surface area contributed by atoms with Crippen LogP contribution in [-0.4, -0.2) is 10.2 Å². The van der Waals surface area contributed by atoms with E-state index in [0.29, 0.717) is 24.2 Å². The molecule has 11 heavy (non-hydrogen) atoms. The van der Waals surface area contributed by atoms with Crippen molar-refractivity contribution in [3.8, 4) is 0 Å². The fourth-order valence-electron chi connectivity index (χ4n) is 1.13. The predicted molar refractivity (Wildman–Crippen MR) is 44.4 cm³/mol. The second-order valence-electron chi connectivity index (χ2n) is 2.55. The van der Waals surface area contributed by atoms with Gasteiger partial charge in [0.05, 0.1) is 5.76 Å². The van der Waals surface area contributed by atoms with Crippen LogP contribution in [0.1, 0.15) is 19.3 Å². The van der Waals surface area contributed by atoms with Gasteiger partial charge in [0.25, 0.3) is 0 Å². The highest BCUT2D eigenvalue weighted by Gasteiger charge is 2.12. The molecule has 0 amide bonds. The summed E-state index contributed by atoms with van der Waals surface area (Å²) in [4.78, 5) is 0. The van der Waals surface area contributed by atoms with Crippen LogP contribution in [0.15, 0.2) is 35.8 Å². The maximum Gasteiger partial charge on any atom is 0.118 e. The zero-order valence-electron chi connectivity index (χ0n) is 6.38. The van der Waals surface area contributed by atoms with Gasteiger partial charge in [-0.1, -0.05) is 6.08 Å². The zero-order chi connectivity index (χ0) is 8.27. The average Bonchev–Trinajstić information content (AvgIpc) is 1.97. The second kappa shape index (κ2) is 3.28. The highest BCUT2D eigenvalue weighted by Crippen LogP contribution is 2.24. The Morgan fingerprint density at radius 2 is 2.27 bits per heavy atom. The van der Waals surface area contributed by atoms with Gasteiger partial charge in [0.2, 0.25) is 0 Å². The molecule has 0 saturated carbocycles. The number of hydrogen-bond acceptors (Lipinski definition) is 2. The minimum atomic E-state index is 0.202. The number of allylic oxidation sites excluding steroid dienone is 4. The van der Waals surface area contributed by atoms with Crippen molar-refractivity contribution < 1.29 is 10.2 Å². The lowest BCUT2D eigenvalue weighted by Gasteiger charge is -2.12. The van der Waals surface area contributed by atoms with E-state index < -0.39 is 0 Å². The molecular formula is C9H12O2. The summed E-state index contributed by atoms with van der Waals surface area (Å²) in [5.41, 5.74) is 0.617. The molecule has 2 nitrogen and oxygen atoms in total. The summed E-state index contributed by atoms with van der Waals surface area (Å²) in [5.74, 6) is 0.499. The first-order chi connectivity index (χ1) is 5.25. The van der Waals surface area contributed by atoms with Gasteiger partial charge < -0.3 is 10.2 Å². The Balaban J connectivity index is 2.84. The van der Waals surface area contributed by atoms with Gasteiger partial charge in [0.15, 0.2) is 0 Å². The molecule has 2 heteroatoms. The minimum Gasteiger partial charge on any atom is -0.512 e. The lowest BCUT2D eigenvalue weighted by atomic mass is 10.0. The highest BCUT2D eigenvalue weighted by molar-refractivity contribution is 5.32. The van der Waals surface area contributed by atoms with Crippen molar-refractivity contribution >= 4 is 0 Å². The molecule has 0 aromatic heterocycles. The van der Waals surface area contributed by atoms with Crippen molar-refractivity contribution in [3.63, 3.8) is 0 Å². The fraction of sp³-hybridized carbons (Fsp3) is 0.333. The quantitative estimate of drug-likeness (QED) is 0.597. The third-order valence-electron chi connectivity index (χ3n) is 1.72. The number of hydrogen-bond donors (Lipinski definition) is 2. The lowest BCUT2D eigenvalue weighted by molar-refractivity contribution is 0.350. The van der Waals surface area contributed by atoms with Gasteiger partial charge in [-0.05, 0) is 18.9 Å². The third kappa shape index (κ3) is 1.64. The fourth-order valence-corrected chi connectivity index (χ4v) is 1.13. The molecule has 1 aliphatic rings. The zero-order valence-corrected chi connectivity index (χ0v) is 6.38. The van der Waals surface area contributed by atoms with Crippen molar-refractivity contribution in [2.45, 2.75) is 19.3 Å². The van der Waals surface area contributed by atoms with E-state index in [9.17, 15) is 10.2 Å². The van der Waals surface area contributed by atoms with Gasteiger partial charge in [0, 0.05) is 12.0 Å². The Hall–Kier alpha value is -1.18. The van der Waals surface area contributed by atoms with Crippen LogP contribution in [0.25, 0.3) is 0 Å². The van der Waals surface area contributed by atoms with Crippen molar-refractivity contribution in [3.05, 3.63) is 35.8 Å². The molecule has 0 saturated heterocycles. The topological polar surface area (TPSA) is 40.5 Å². The highest BCUT2D eigenvalue weighted by atomic mass is 16.3. The van der Waals surface area contributed by atoms with Crippen LogP contribution in [0.4, 0.5) is 0 Å². The van der Waals surface area contributed by atoms with E-state index in [0.717, 1.165) is 6.42 Å². The van der Waals surface area contributed by atoms with Crippen LogP contribution in [-0.2, 0) is 0 Å². The Labute approximate surface area is 66.2 Å². The molecule has 0 aliphatic heterocycles. The molecule has 0 aromatic rings. The van der Waals surface area contributed by atoms with E-state index in [1.165, 1.54) is 0 Å². The van der Waals surface area contributed by atoms with Crippen molar-refractivity contribution in [1.29, 1.82) is 0 Å². The van der Waals surface area contributed by atoms with Crippen LogP contribution in [0.2, 0.25) is 0 Å². The SMILES string of the molecule is C=CCC1=C(O)CCC=C1O. The van der Waals surface area contributed by atoms with Gasteiger partial charge >= 0.3 is 0 Å². The predicted octanol–water partition coefficient (Wildman–Crippen LogP) is 2.61. The summed E-state index contributed by atoms with van der Waals surface area (Å²) in [7, 11) is 0. The van der Waals surface area contributed by atoms with Crippen LogP contribution in [0, 0.1) is 0 Å². The number of aliphatic hydroxyl groups is 2. The van der Waals surface area contributed by atoms with Crippen LogP contribution >= 0.6 is 0 Å². The summed E-state index contributed by atoms with van der Waals surface area (Å²) in [6.45, 7) is 3.54. The molecule has 60 valence electrons. The molecule has 0 bridgehead atoms. The Morgan fingerprint density at radius 3 is 2.82 bits per heavy atom. The molecule has 1 aliphatic carbocycles. The number of aliphatic hydroxyl groups excluding tert-OH is 2. The van der Waals surface area contributed by atoms with E-state index in [1.807, 2.05) is 0 Å². The van der Waals surface area contributed by atoms with Crippen molar-refractivity contribution in [2.75, 3.05) is 0 Å². The van der Waals surface area contributed by atoms with Crippen LogP contribution in [0.3, 0.4) is 0 Å². The molecule has 0 aromatic carbocycles. The Morgan fingerprint density at radius 1 is 1.55 bits per heavy atom. The number of rotatable bonds is 2. The molecule has 0 fully saturated rings. The maximum absolute atomic E-state index is 9.30. The molecule has 0 spiro atoms. The van der Waals surface area contributed by atoms with Crippen molar-refractivity contribution in [1.82, 2.24) is 0 Å². The maximum atomic E-state index is 9.30. The summed E-state index contributed by atoms with van der Waals surface area (Å²) in [5, 5.41) is 18.6. The monoisotopic (exact) mass is 152 g/mol. The summed E-state index contributed by atoms with van der Waals surface area (Å²) in [6.07, 6.45) is 5.28. The first kappa shape index (κ1) is 7.92. The molecule has 0 atom stereocenters. The molecule has 0 radical (unpaired) electrons. The normalized spacial score (nSPS) is 18.0. The smallest absolute Gasteiger partial charge is 0.118 e. The summed E-state index contributed by atoms with van der Waals surface area (Å²) < 4.78 is 0. The molecule has 1 rings (SSSR count). The van der Waals surface area contributed by atoms with Gasteiger partial charge in [-0.15, -0.1) is 6.58 Å². The largest absolute Gasteiger partial charge is 0.512 e. The molecule has 0 unspecified atom stereocenters. The van der Waals surface area contributed by atoms with E-state index in [1.54, 1.807) is 12.2 Å². The third-order valence-corrected chi connectivity index (χ3v) is 1.72. The van der Waals surface area contributed by atoms with Gasteiger partial charge in [-0.3, -0.25) is 0 Å². The van der Waals surface area contributed by atoms with Gasteiger partial charge in [0.1, 0.15) is 5.76 Å². The standard InChI is InChI=1S/C9H12O2/c1-2-4-7-8(10)5-3-6-9(7)11/h2,5,10-11H,1,3-4,6H2. The summed E-state index contributed by atoms with van der Waals surface area (Å²) in [6, 6.07) is 0. The minimum absolute atomic E-state index is 0.202. The molecular weight excluding hydrogens is 140 g/mol. The lowest BCUT2D eigenvalue weighted by Crippen LogP contribution is -1.99. The molecule has 2 N–H and O–H groups in total. The van der Waals surface area contributed by atoms with Crippen LogP contribution in [0.5, 0.6) is 0 Å². The second-order valence-corrected chi connectivity index (χ2v) is 2.55. The average molecular weight is 152 g/mol. The van der Waals surface area contributed by atoms with Crippen molar-refractivity contribution in [2.24, 2.45) is 0 Å². The molecule has 0 heterocycles. The first-order valence-corrected chi connectivity index (χ1v) is 3.67. The summed E-state index contributed by atoms with van der Waals surface area (Å²) >= 11 is 0.